The zero-order chi connectivity index (χ0) is 22.5. The minimum absolute atomic E-state index is 0.326. The van der Waals surface area contributed by atoms with Crippen molar-refractivity contribution in [3.63, 3.8) is 0 Å². The van der Waals surface area contributed by atoms with E-state index in [1.54, 1.807) is 0 Å². The van der Waals surface area contributed by atoms with E-state index in [0.717, 1.165) is 43.0 Å². The van der Waals surface area contributed by atoms with E-state index in [9.17, 15) is 9.59 Å². The third kappa shape index (κ3) is 8.28. The molecule has 0 fully saturated rings. The van der Waals surface area contributed by atoms with E-state index in [0.29, 0.717) is 11.8 Å². The first-order chi connectivity index (χ1) is 15.0. The van der Waals surface area contributed by atoms with Gasteiger partial charge in [-0.3, -0.25) is 4.79 Å². The maximum Gasteiger partial charge on any atom is 0.146 e. The van der Waals surface area contributed by atoms with Gasteiger partial charge in [0.2, 0.25) is 0 Å². The number of aldehydes is 2. The van der Waals surface area contributed by atoms with Gasteiger partial charge in [-0.05, 0) is 71.4 Å². The second-order valence-corrected chi connectivity index (χ2v) is 9.14. The number of hydrogen-bond acceptors (Lipinski definition) is 2. The summed E-state index contributed by atoms with van der Waals surface area (Å²) in [5.74, 6) is 0. The van der Waals surface area contributed by atoms with Crippen molar-refractivity contribution in [3.8, 4) is 0 Å². The number of rotatable bonds is 10. The molecule has 0 radical (unpaired) electrons. The Morgan fingerprint density at radius 1 is 1.00 bits per heavy atom. The van der Waals surface area contributed by atoms with Crippen LogP contribution in [0.3, 0.4) is 0 Å². The molecule has 0 atom stereocenters. The van der Waals surface area contributed by atoms with Crippen molar-refractivity contribution >= 4 is 18.6 Å². The highest BCUT2D eigenvalue weighted by atomic mass is 16.1. The standard InChI is InChI=1S/C15H20O.C14H18O/c1-2-3-4-6-11-15(13-16)12-14-9-7-5-8-10-14;1-14(2)8-7-12-6-5-11(4-3-9-15)10-13(12)14/h5,7-10,12-13H,2-4,6,11H2,1H3;5-6,9-10H,3-4,7-8H2,1-2H3/b15-12-;. The largest absolute Gasteiger partial charge is 0.303 e. The summed E-state index contributed by atoms with van der Waals surface area (Å²) in [6, 6.07) is 16.7. The lowest BCUT2D eigenvalue weighted by molar-refractivity contribution is -0.108. The molecule has 0 unspecified atom stereocenters. The number of fused-ring (bicyclic) bond motifs is 1. The first-order valence-corrected chi connectivity index (χ1v) is 11.8. The highest BCUT2D eigenvalue weighted by Crippen LogP contribution is 2.38. The van der Waals surface area contributed by atoms with E-state index in [4.69, 9.17) is 0 Å². The van der Waals surface area contributed by atoms with E-state index >= 15 is 0 Å². The van der Waals surface area contributed by atoms with Crippen LogP contribution in [0, 0.1) is 0 Å². The first-order valence-electron chi connectivity index (χ1n) is 11.8. The van der Waals surface area contributed by atoms with Crippen LogP contribution in [0.2, 0.25) is 0 Å². The van der Waals surface area contributed by atoms with Gasteiger partial charge in [-0.1, -0.05) is 88.6 Å². The van der Waals surface area contributed by atoms with Crippen molar-refractivity contribution in [2.45, 2.75) is 84.0 Å². The van der Waals surface area contributed by atoms with Gasteiger partial charge in [-0.25, -0.2) is 0 Å². The monoisotopic (exact) mass is 418 g/mol. The molecule has 2 heteroatoms. The SMILES string of the molecule is CC1(C)CCc2ccc(CCC=O)cc21.CCCCCC/C(C=O)=C/c1ccccc1. The van der Waals surface area contributed by atoms with Gasteiger partial charge < -0.3 is 4.79 Å². The summed E-state index contributed by atoms with van der Waals surface area (Å²) < 4.78 is 0. The molecule has 0 amide bonds. The molecule has 0 aromatic heterocycles. The normalized spacial score (nSPS) is 14.4. The number of carbonyl (C=O) groups is 2. The van der Waals surface area contributed by atoms with Crippen molar-refractivity contribution in [3.05, 3.63) is 76.4 Å². The number of benzene rings is 2. The van der Waals surface area contributed by atoms with Gasteiger partial charge >= 0.3 is 0 Å². The lowest BCUT2D eigenvalue weighted by Gasteiger charge is -2.19. The van der Waals surface area contributed by atoms with E-state index in [1.807, 2.05) is 36.4 Å². The number of aryl methyl sites for hydroxylation is 2. The molecule has 166 valence electrons. The van der Waals surface area contributed by atoms with Crippen LogP contribution in [0.15, 0.2) is 54.1 Å². The van der Waals surface area contributed by atoms with Crippen LogP contribution in [0.25, 0.3) is 6.08 Å². The van der Waals surface area contributed by atoms with Gasteiger partial charge in [0.05, 0.1) is 0 Å². The van der Waals surface area contributed by atoms with Crippen molar-refractivity contribution in [1.82, 2.24) is 0 Å². The molecule has 0 N–H and O–H groups in total. The Morgan fingerprint density at radius 2 is 1.77 bits per heavy atom. The molecular weight excluding hydrogens is 380 g/mol. The Labute approximate surface area is 188 Å². The molecule has 0 bridgehead atoms. The molecule has 0 saturated heterocycles. The van der Waals surface area contributed by atoms with Crippen molar-refractivity contribution in [1.29, 1.82) is 0 Å². The van der Waals surface area contributed by atoms with Crippen LogP contribution < -0.4 is 0 Å². The maximum absolute atomic E-state index is 10.9. The van der Waals surface area contributed by atoms with Crippen LogP contribution in [-0.4, -0.2) is 12.6 Å². The zero-order valence-corrected chi connectivity index (χ0v) is 19.5. The van der Waals surface area contributed by atoms with Gasteiger partial charge in [0.1, 0.15) is 12.6 Å². The average molecular weight is 419 g/mol. The van der Waals surface area contributed by atoms with E-state index < -0.39 is 0 Å². The third-order valence-corrected chi connectivity index (χ3v) is 6.10. The molecule has 0 spiro atoms. The highest BCUT2D eigenvalue weighted by molar-refractivity contribution is 5.81. The Hall–Kier alpha value is -2.48. The smallest absolute Gasteiger partial charge is 0.146 e. The van der Waals surface area contributed by atoms with Crippen LogP contribution in [0.1, 0.15) is 88.0 Å². The summed E-state index contributed by atoms with van der Waals surface area (Å²) in [5.41, 5.74) is 6.63. The minimum Gasteiger partial charge on any atom is -0.303 e. The van der Waals surface area contributed by atoms with Gasteiger partial charge in [-0.15, -0.1) is 0 Å². The summed E-state index contributed by atoms with van der Waals surface area (Å²) in [5, 5.41) is 0. The molecular formula is C29H38O2. The van der Waals surface area contributed by atoms with E-state index in [-0.39, 0.29) is 0 Å². The minimum atomic E-state index is 0.326. The van der Waals surface area contributed by atoms with Crippen LogP contribution in [0.5, 0.6) is 0 Å². The molecule has 0 aliphatic heterocycles. The number of allylic oxidation sites excluding steroid dienone is 1. The fraction of sp³-hybridized carbons (Fsp3) is 0.448. The third-order valence-electron chi connectivity index (χ3n) is 6.10. The molecule has 1 aliphatic rings. The summed E-state index contributed by atoms with van der Waals surface area (Å²) >= 11 is 0. The summed E-state index contributed by atoms with van der Waals surface area (Å²) in [6.07, 6.45) is 13.7. The van der Waals surface area contributed by atoms with Gasteiger partial charge in [0.15, 0.2) is 0 Å². The lowest BCUT2D eigenvalue weighted by Crippen LogP contribution is -2.12. The fourth-order valence-electron chi connectivity index (χ4n) is 4.12. The Morgan fingerprint density at radius 3 is 2.45 bits per heavy atom. The summed E-state index contributed by atoms with van der Waals surface area (Å²) in [4.78, 5) is 21.2. The first kappa shape index (κ1) is 24.8. The van der Waals surface area contributed by atoms with Crippen molar-refractivity contribution < 1.29 is 9.59 Å². The van der Waals surface area contributed by atoms with Gasteiger partial charge in [0, 0.05) is 6.42 Å². The predicted octanol–water partition coefficient (Wildman–Crippen LogP) is 7.28. The predicted molar refractivity (Wildman–Crippen MR) is 131 cm³/mol. The molecule has 0 heterocycles. The number of hydrogen-bond donors (Lipinski definition) is 0. The number of unbranched alkanes of at least 4 members (excludes halogenated alkanes) is 3. The Kier molecular flexibility index (Phi) is 10.4. The lowest BCUT2D eigenvalue weighted by atomic mass is 9.85. The van der Waals surface area contributed by atoms with E-state index in [1.165, 1.54) is 48.8 Å². The second kappa shape index (κ2) is 13.0. The molecule has 2 aromatic carbocycles. The molecule has 3 rings (SSSR count). The highest BCUT2D eigenvalue weighted by Gasteiger charge is 2.29. The molecule has 2 nitrogen and oxygen atoms in total. The number of carbonyl (C=O) groups excluding carboxylic acids is 2. The quantitative estimate of drug-likeness (QED) is 0.231. The summed E-state index contributed by atoms with van der Waals surface area (Å²) in [7, 11) is 0. The van der Waals surface area contributed by atoms with Crippen LogP contribution in [0.4, 0.5) is 0 Å². The van der Waals surface area contributed by atoms with Gasteiger partial charge in [-0.2, -0.15) is 0 Å². The molecule has 0 saturated carbocycles. The van der Waals surface area contributed by atoms with Crippen LogP contribution in [-0.2, 0) is 27.8 Å². The zero-order valence-electron chi connectivity index (χ0n) is 19.5. The molecule has 31 heavy (non-hydrogen) atoms. The summed E-state index contributed by atoms with van der Waals surface area (Å²) in [6.45, 7) is 6.81. The second-order valence-electron chi connectivity index (χ2n) is 9.14. The van der Waals surface area contributed by atoms with Crippen molar-refractivity contribution in [2.24, 2.45) is 0 Å². The average Bonchev–Trinajstić information content (AvgIpc) is 3.09. The maximum atomic E-state index is 10.9. The van der Waals surface area contributed by atoms with Crippen LogP contribution >= 0.6 is 0 Å². The Balaban J connectivity index is 0.000000220. The Bertz CT molecular complexity index is 846. The fourth-order valence-corrected chi connectivity index (χ4v) is 4.12. The van der Waals surface area contributed by atoms with Gasteiger partial charge in [0.25, 0.3) is 0 Å². The molecule has 2 aromatic rings. The molecule has 1 aliphatic carbocycles. The topological polar surface area (TPSA) is 34.1 Å². The van der Waals surface area contributed by atoms with E-state index in [2.05, 4.69) is 39.0 Å². The van der Waals surface area contributed by atoms with Crippen molar-refractivity contribution in [2.75, 3.05) is 0 Å².